The highest BCUT2D eigenvalue weighted by Crippen LogP contribution is 2.19. The molecule has 1 aromatic rings. The van der Waals surface area contributed by atoms with Crippen LogP contribution < -0.4 is 5.73 Å². The fourth-order valence-corrected chi connectivity index (χ4v) is 1.54. The lowest BCUT2D eigenvalue weighted by Gasteiger charge is -2.02. The van der Waals surface area contributed by atoms with Gasteiger partial charge in [0, 0.05) is 16.5 Å². The van der Waals surface area contributed by atoms with E-state index in [1.54, 1.807) is 18.2 Å². The van der Waals surface area contributed by atoms with Gasteiger partial charge in [0.2, 0.25) is 0 Å². The standard InChI is InChI=1S/C10H9BrN2O/c11-9-2-1-7(6-13)5-8(9)10(14)3-4-12/h1-2,5H,3-4,12H2. The van der Waals surface area contributed by atoms with E-state index in [4.69, 9.17) is 11.0 Å². The third-order valence-electron chi connectivity index (χ3n) is 1.77. The molecule has 0 unspecified atom stereocenters. The molecule has 0 atom stereocenters. The van der Waals surface area contributed by atoms with Crippen LogP contribution in [0.3, 0.4) is 0 Å². The van der Waals surface area contributed by atoms with Crippen molar-refractivity contribution >= 4 is 21.7 Å². The Bertz CT molecular complexity index is 396. The van der Waals surface area contributed by atoms with Crippen LogP contribution in [0.25, 0.3) is 0 Å². The fraction of sp³-hybridized carbons (Fsp3) is 0.200. The number of nitrogens with two attached hydrogens (primary N) is 1. The number of Topliss-reactive ketones (excluding diaryl/α,β-unsaturated/α-hetero) is 1. The topological polar surface area (TPSA) is 66.9 Å². The first-order valence-electron chi connectivity index (χ1n) is 4.12. The molecule has 0 aliphatic carbocycles. The van der Waals surface area contributed by atoms with Crippen LogP contribution >= 0.6 is 15.9 Å². The monoisotopic (exact) mass is 252 g/mol. The molecule has 4 heteroatoms. The zero-order valence-corrected chi connectivity index (χ0v) is 9.04. The third kappa shape index (κ3) is 2.41. The average molecular weight is 253 g/mol. The Kier molecular flexibility index (Phi) is 3.81. The van der Waals surface area contributed by atoms with Crippen LogP contribution in [-0.4, -0.2) is 12.3 Å². The number of carbonyl (C=O) groups is 1. The zero-order chi connectivity index (χ0) is 10.6. The van der Waals surface area contributed by atoms with Crippen molar-refractivity contribution in [1.82, 2.24) is 0 Å². The minimum Gasteiger partial charge on any atom is -0.330 e. The quantitative estimate of drug-likeness (QED) is 0.836. The molecule has 0 aromatic heterocycles. The van der Waals surface area contributed by atoms with Gasteiger partial charge in [0.25, 0.3) is 0 Å². The number of carbonyl (C=O) groups excluding carboxylic acids is 1. The summed E-state index contributed by atoms with van der Waals surface area (Å²) in [4.78, 5) is 11.5. The Hall–Kier alpha value is -1.18. The number of nitrogens with zero attached hydrogens (tertiary/aromatic N) is 1. The van der Waals surface area contributed by atoms with Gasteiger partial charge in [-0.05, 0) is 24.7 Å². The second kappa shape index (κ2) is 4.89. The summed E-state index contributed by atoms with van der Waals surface area (Å²) >= 11 is 3.26. The molecule has 1 aromatic carbocycles. The molecule has 0 saturated carbocycles. The largest absolute Gasteiger partial charge is 0.330 e. The summed E-state index contributed by atoms with van der Waals surface area (Å²) in [6.07, 6.45) is 0.299. The molecule has 0 heterocycles. The summed E-state index contributed by atoms with van der Waals surface area (Å²) in [6.45, 7) is 0.321. The van der Waals surface area contributed by atoms with Gasteiger partial charge in [-0.15, -0.1) is 0 Å². The minimum atomic E-state index is -0.0449. The Balaban J connectivity index is 3.07. The van der Waals surface area contributed by atoms with Crippen LogP contribution in [0.15, 0.2) is 22.7 Å². The second-order valence-electron chi connectivity index (χ2n) is 2.77. The van der Waals surface area contributed by atoms with E-state index in [0.29, 0.717) is 28.6 Å². The van der Waals surface area contributed by atoms with Crippen LogP contribution in [0.5, 0.6) is 0 Å². The van der Waals surface area contributed by atoms with Gasteiger partial charge in [0.1, 0.15) is 0 Å². The van der Waals surface area contributed by atoms with Gasteiger partial charge in [0.15, 0.2) is 5.78 Å². The summed E-state index contributed by atoms with van der Waals surface area (Å²) in [5.41, 5.74) is 6.29. The summed E-state index contributed by atoms with van der Waals surface area (Å²) in [7, 11) is 0. The molecule has 0 bridgehead atoms. The van der Waals surface area contributed by atoms with E-state index in [9.17, 15) is 4.79 Å². The molecule has 14 heavy (non-hydrogen) atoms. The van der Waals surface area contributed by atoms with E-state index in [0.717, 1.165) is 0 Å². The SMILES string of the molecule is N#Cc1ccc(Br)c(C(=O)CCN)c1. The molecule has 0 spiro atoms. The maximum absolute atomic E-state index is 11.5. The molecule has 2 N–H and O–H groups in total. The number of halogens is 1. The summed E-state index contributed by atoms with van der Waals surface area (Å²) in [6, 6.07) is 6.91. The smallest absolute Gasteiger partial charge is 0.165 e. The van der Waals surface area contributed by atoms with Crippen LogP contribution in [0.4, 0.5) is 0 Å². The number of benzene rings is 1. The molecule has 0 amide bonds. The van der Waals surface area contributed by atoms with E-state index < -0.39 is 0 Å². The lowest BCUT2D eigenvalue weighted by Crippen LogP contribution is -2.08. The van der Waals surface area contributed by atoms with Crippen LogP contribution in [0.2, 0.25) is 0 Å². The number of nitriles is 1. The van der Waals surface area contributed by atoms with Crippen molar-refractivity contribution in [1.29, 1.82) is 5.26 Å². The molecular formula is C10H9BrN2O. The zero-order valence-electron chi connectivity index (χ0n) is 7.46. The van der Waals surface area contributed by atoms with Crippen molar-refractivity contribution in [2.24, 2.45) is 5.73 Å². The lowest BCUT2D eigenvalue weighted by molar-refractivity contribution is 0.0984. The first kappa shape index (κ1) is 10.9. The number of hydrogen-bond acceptors (Lipinski definition) is 3. The predicted molar refractivity (Wildman–Crippen MR) is 56.9 cm³/mol. The first-order valence-corrected chi connectivity index (χ1v) is 4.91. The van der Waals surface area contributed by atoms with Crippen LogP contribution in [-0.2, 0) is 0 Å². The van der Waals surface area contributed by atoms with Crippen molar-refractivity contribution < 1.29 is 4.79 Å². The molecule has 3 nitrogen and oxygen atoms in total. The number of ketones is 1. The Morgan fingerprint density at radius 3 is 2.86 bits per heavy atom. The van der Waals surface area contributed by atoms with Crippen LogP contribution in [0.1, 0.15) is 22.3 Å². The van der Waals surface area contributed by atoms with Gasteiger partial charge in [-0.2, -0.15) is 5.26 Å². The Labute approximate surface area is 90.7 Å². The molecular weight excluding hydrogens is 244 g/mol. The predicted octanol–water partition coefficient (Wildman–Crippen LogP) is 1.85. The van der Waals surface area contributed by atoms with Gasteiger partial charge < -0.3 is 5.73 Å². The van der Waals surface area contributed by atoms with Gasteiger partial charge >= 0.3 is 0 Å². The highest BCUT2D eigenvalue weighted by Gasteiger charge is 2.09. The molecule has 1 rings (SSSR count). The van der Waals surface area contributed by atoms with Crippen molar-refractivity contribution in [3.8, 4) is 6.07 Å². The Morgan fingerprint density at radius 1 is 1.57 bits per heavy atom. The maximum atomic E-state index is 11.5. The average Bonchev–Trinajstić information content (AvgIpc) is 2.19. The molecule has 0 aliphatic heterocycles. The van der Waals surface area contributed by atoms with E-state index >= 15 is 0 Å². The van der Waals surface area contributed by atoms with Gasteiger partial charge in [0.05, 0.1) is 11.6 Å². The fourth-order valence-electron chi connectivity index (χ4n) is 1.07. The van der Waals surface area contributed by atoms with Crippen molar-refractivity contribution in [3.05, 3.63) is 33.8 Å². The van der Waals surface area contributed by atoms with Crippen molar-refractivity contribution in [2.75, 3.05) is 6.54 Å². The summed E-state index contributed by atoms with van der Waals surface area (Å²) in [5.74, 6) is -0.0449. The molecule has 0 aliphatic rings. The van der Waals surface area contributed by atoms with Crippen molar-refractivity contribution in [3.63, 3.8) is 0 Å². The van der Waals surface area contributed by atoms with E-state index in [-0.39, 0.29) is 5.78 Å². The summed E-state index contributed by atoms with van der Waals surface area (Å²) < 4.78 is 0.704. The normalized spacial score (nSPS) is 9.50. The van der Waals surface area contributed by atoms with Gasteiger partial charge in [-0.1, -0.05) is 15.9 Å². The van der Waals surface area contributed by atoms with Gasteiger partial charge in [-0.3, -0.25) is 4.79 Å². The van der Waals surface area contributed by atoms with Crippen molar-refractivity contribution in [2.45, 2.75) is 6.42 Å². The minimum absolute atomic E-state index is 0.0449. The highest BCUT2D eigenvalue weighted by molar-refractivity contribution is 9.10. The van der Waals surface area contributed by atoms with E-state index in [1.807, 2.05) is 6.07 Å². The van der Waals surface area contributed by atoms with Crippen LogP contribution in [0, 0.1) is 11.3 Å². The maximum Gasteiger partial charge on any atom is 0.165 e. The molecule has 72 valence electrons. The second-order valence-corrected chi connectivity index (χ2v) is 3.62. The number of hydrogen-bond donors (Lipinski definition) is 1. The number of rotatable bonds is 3. The Morgan fingerprint density at radius 2 is 2.29 bits per heavy atom. The first-order chi connectivity index (χ1) is 6.69. The molecule has 0 fully saturated rings. The van der Waals surface area contributed by atoms with E-state index in [1.165, 1.54) is 0 Å². The summed E-state index contributed by atoms with van der Waals surface area (Å²) in [5, 5.41) is 8.66. The highest BCUT2D eigenvalue weighted by atomic mass is 79.9. The van der Waals surface area contributed by atoms with E-state index in [2.05, 4.69) is 15.9 Å². The third-order valence-corrected chi connectivity index (χ3v) is 2.46. The molecule has 0 saturated heterocycles. The lowest BCUT2D eigenvalue weighted by atomic mass is 10.1. The molecule has 0 radical (unpaired) electrons. The van der Waals surface area contributed by atoms with Gasteiger partial charge in [-0.25, -0.2) is 0 Å².